The molecule has 2 rings (SSSR count). The number of hydrogen-bond donors (Lipinski definition) is 0. The maximum atomic E-state index is 12.5. The maximum Gasteiger partial charge on any atom is 0.247 e. The summed E-state index contributed by atoms with van der Waals surface area (Å²) in [6.07, 6.45) is 3.16. The van der Waals surface area contributed by atoms with Crippen LogP contribution in [-0.2, 0) is 6.54 Å². The van der Waals surface area contributed by atoms with Gasteiger partial charge in [0.25, 0.3) is 0 Å². The highest BCUT2D eigenvalue weighted by Crippen LogP contribution is 2.22. The summed E-state index contributed by atoms with van der Waals surface area (Å²) in [5.41, 5.74) is 1.36. The van der Waals surface area contributed by atoms with Crippen LogP contribution >= 0.6 is 15.9 Å². The van der Waals surface area contributed by atoms with Crippen molar-refractivity contribution in [2.45, 2.75) is 13.5 Å². The predicted molar refractivity (Wildman–Crippen MR) is 75.4 cm³/mol. The Morgan fingerprint density at radius 1 is 1.53 bits per heavy atom. The van der Waals surface area contributed by atoms with Crippen LogP contribution in [0.1, 0.15) is 21.8 Å². The van der Waals surface area contributed by atoms with Gasteiger partial charge in [-0.3, -0.25) is 9.48 Å². The van der Waals surface area contributed by atoms with E-state index in [1.165, 1.54) is 6.26 Å². The number of aryl methyl sites for hydroxylation is 1. The summed E-state index contributed by atoms with van der Waals surface area (Å²) in [7, 11) is 3.97. The number of ketones is 1. The van der Waals surface area contributed by atoms with Gasteiger partial charge in [0.05, 0.1) is 23.5 Å². The Kier molecular flexibility index (Phi) is 4.21. The third-order valence-corrected chi connectivity index (χ3v) is 3.42. The van der Waals surface area contributed by atoms with E-state index in [1.54, 1.807) is 16.9 Å². The first-order valence-electron chi connectivity index (χ1n) is 5.95. The standard InChI is InChI=1S/C13H16BrN3O2/c1-9-4-7-19-13(9)12(18)11-10(14)8-15-17(11)6-5-16(2)3/h4,7-8H,5-6H2,1-3H3. The number of hydrogen-bond acceptors (Lipinski definition) is 4. The van der Waals surface area contributed by atoms with E-state index in [-0.39, 0.29) is 5.78 Å². The topological polar surface area (TPSA) is 51.3 Å². The van der Waals surface area contributed by atoms with Crippen molar-refractivity contribution in [3.63, 3.8) is 0 Å². The van der Waals surface area contributed by atoms with Crippen molar-refractivity contribution in [2.75, 3.05) is 20.6 Å². The predicted octanol–water partition coefficient (Wildman–Crippen LogP) is 2.34. The first-order chi connectivity index (χ1) is 9.00. The Labute approximate surface area is 120 Å². The summed E-state index contributed by atoms with van der Waals surface area (Å²) in [5, 5.41) is 4.23. The molecule has 0 saturated heterocycles. The van der Waals surface area contributed by atoms with Crippen LogP contribution < -0.4 is 0 Å². The van der Waals surface area contributed by atoms with Crippen molar-refractivity contribution in [3.8, 4) is 0 Å². The van der Waals surface area contributed by atoms with Crippen LogP contribution in [0.2, 0.25) is 0 Å². The number of halogens is 1. The van der Waals surface area contributed by atoms with Crippen molar-refractivity contribution < 1.29 is 9.21 Å². The van der Waals surface area contributed by atoms with E-state index in [0.29, 0.717) is 22.5 Å². The zero-order chi connectivity index (χ0) is 14.0. The lowest BCUT2D eigenvalue weighted by molar-refractivity contribution is 0.0996. The van der Waals surface area contributed by atoms with E-state index >= 15 is 0 Å². The molecule has 0 aliphatic heterocycles. The van der Waals surface area contributed by atoms with Gasteiger partial charge in [-0.25, -0.2) is 0 Å². The molecular weight excluding hydrogens is 310 g/mol. The lowest BCUT2D eigenvalue weighted by atomic mass is 10.1. The van der Waals surface area contributed by atoms with Crippen LogP contribution in [0.3, 0.4) is 0 Å². The highest BCUT2D eigenvalue weighted by atomic mass is 79.9. The molecule has 0 saturated carbocycles. The monoisotopic (exact) mass is 325 g/mol. The molecule has 0 aliphatic carbocycles. The Balaban J connectivity index is 2.31. The molecule has 19 heavy (non-hydrogen) atoms. The molecule has 0 N–H and O–H groups in total. The third-order valence-electron chi connectivity index (χ3n) is 2.84. The molecule has 0 bridgehead atoms. The van der Waals surface area contributed by atoms with Crippen molar-refractivity contribution in [1.82, 2.24) is 14.7 Å². The zero-order valence-electron chi connectivity index (χ0n) is 11.2. The second-order valence-corrected chi connectivity index (χ2v) is 5.48. The van der Waals surface area contributed by atoms with Crippen molar-refractivity contribution in [2.24, 2.45) is 0 Å². The van der Waals surface area contributed by atoms with Gasteiger partial charge in [-0.15, -0.1) is 0 Å². The number of carbonyl (C=O) groups is 1. The summed E-state index contributed by atoms with van der Waals surface area (Å²) in [4.78, 5) is 14.5. The van der Waals surface area contributed by atoms with E-state index in [0.717, 1.165) is 12.1 Å². The summed E-state index contributed by atoms with van der Waals surface area (Å²) in [6.45, 7) is 3.32. The Hall–Kier alpha value is -1.40. The van der Waals surface area contributed by atoms with Gasteiger partial charge in [0.2, 0.25) is 5.78 Å². The lowest BCUT2D eigenvalue weighted by Crippen LogP contribution is -2.21. The van der Waals surface area contributed by atoms with Crippen LogP contribution in [0.15, 0.2) is 27.4 Å². The Bertz CT molecular complexity index is 586. The SMILES string of the molecule is Cc1ccoc1C(=O)c1c(Br)cnn1CCN(C)C. The third kappa shape index (κ3) is 2.96. The van der Waals surface area contributed by atoms with Gasteiger partial charge in [0.15, 0.2) is 5.76 Å². The first-order valence-corrected chi connectivity index (χ1v) is 6.75. The first kappa shape index (κ1) is 14.0. The van der Waals surface area contributed by atoms with Gasteiger partial charge >= 0.3 is 0 Å². The van der Waals surface area contributed by atoms with Crippen LogP contribution in [0, 0.1) is 6.92 Å². The molecule has 2 heterocycles. The number of rotatable bonds is 5. The summed E-state index contributed by atoms with van der Waals surface area (Å²) < 4.78 is 7.65. The second kappa shape index (κ2) is 5.71. The minimum Gasteiger partial charge on any atom is -0.461 e. The summed E-state index contributed by atoms with van der Waals surface area (Å²) in [6, 6.07) is 1.78. The number of furan rings is 1. The van der Waals surface area contributed by atoms with Gasteiger partial charge in [0, 0.05) is 6.54 Å². The molecule has 0 unspecified atom stereocenters. The Morgan fingerprint density at radius 2 is 2.26 bits per heavy atom. The van der Waals surface area contributed by atoms with E-state index in [4.69, 9.17) is 4.42 Å². The summed E-state index contributed by atoms with van der Waals surface area (Å²) >= 11 is 3.38. The van der Waals surface area contributed by atoms with Gasteiger partial charge in [0.1, 0.15) is 5.69 Å². The molecule has 0 aromatic carbocycles. The molecule has 0 aliphatic rings. The molecule has 5 nitrogen and oxygen atoms in total. The van der Waals surface area contributed by atoms with Crippen molar-refractivity contribution in [3.05, 3.63) is 40.0 Å². The quantitative estimate of drug-likeness (QED) is 0.792. The molecule has 0 fully saturated rings. The molecule has 0 amide bonds. The number of aromatic nitrogens is 2. The normalized spacial score (nSPS) is 11.2. The fourth-order valence-corrected chi connectivity index (χ4v) is 2.24. The maximum absolute atomic E-state index is 12.5. The lowest BCUT2D eigenvalue weighted by Gasteiger charge is -2.11. The second-order valence-electron chi connectivity index (χ2n) is 4.63. The summed E-state index contributed by atoms with van der Waals surface area (Å²) in [5.74, 6) is 0.220. The average Bonchev–Trinajstić information content (AvgIpc) is 2.92. The van der Waals surface area contributed by atoms with Crippen LogP contribution in [0.5, 0.6) is 0 Å². The van der Waals surface area contributed by atoms with Crippen LogP contribution in [-0.4, -0.2) is 41.1 Å². The molecule has 0 spiro atoms. The Morgan fingerprint density at radius 3 is 2.84 bits per heavy atom. The van der Waals surface area contributed by atoms with E-state index < -0.39 is 0 Å². The molecular formula is C13H16BrN3O2. The minimum atomic E-state index is -0.148. The van der Waals surface area contributed by atoms with Crippen LogP contribution in [0.25, 0.3) is 0 Å². The molecule has 0 radical (unpaired) electrons. The molecule has 6 heteroatoms. The smallest absolute Gasteiger partial charge is 0.247 e. The van der Waals surface area contributed by atoms with E-state index in [1.807, 2.05) is 25.9 Å². The van der Waals surface area contributed by atoms with Gasteiger partial charge < -0.3 is 9.32 Å². The molecule has 2 aromatic heterocycles. The average molecular weight is 326 g/mol. The van der Waals surface area contributed by atoms with Gasteiger partial charge in [-0.2, -0.15) is 5.10 Å². The number of likely N-dealkylation sites (N-methyl/N-ethyl adjacent to an activating group) is 1. The minimum absolute atomic E-state index is 0.148. The fraction of sp³-hybridized carbons (Fsp3) is 0.385. The van der Waals surface area contributed by atoms with Crippen molar-refractivity contribution >= 4 is 21.7 Å². The fourth-order valence-electron chi connectivity index (χ4n) is 1.77. The van der Waals surface area contributed by atoms with Crippen molar-refractivity contribution in [1.29, 1.82) is 0 Å². The van der Waals surface area contributed by atoms with E-state index in [2.05, 4.69) is 21.0 Å². The number of carbonyl (C=O) groups excluding carboxylic acids is 1. The van der Waals surface area contributed by atoms with E-state index in [9.17, 15) is 4.79 Å². The number of nitrogens with zero attached hydrogens (tertiary/aromatic N) is 3. The van der Waals surface area contributed by atoms with Gasteiger partial charge in [-0.05, 0) is 48.6 Å². The van der Waals surface area contributed by atoms with Crippen LogP contribution in [0.4, 0.5) is 0 Å². The van der Waals surface area contributed by atoms with Gasteiger partial charge in [-0.1, -0.05) is 0 Å². The molecule has 0 atom stereocenters. The largest absolute Gasteiger partial charge is 0.461 e. The highest BCUT2D eigenvalue weighted by molar-refractivity contribution is 9.10. The highest BCUT2D eigenvalue weighted by Gasteiger charge is 2.22. The zero-order valence-corrected chi connectivity index (χ0v) is 12.8. The molecule has 102 valence electrons. The molecule has 2 aromatic rings.